The number of hydrogen-bond acceptors (Lipinski definition) is 5. The normalized spacial score (nSPS) is 18.5. The van der Waals surface area contributed by atoms with Crippen molar-refractivity contribution in [2.75, 3.05) is 5.75 Å². The maximum absolute atomic E-state index is 13.1. The predicted molar refractivity (Wildman–Crippen MR) is 143 cm³/mol. The first-order valence-corrected chi connectivity index (χ1v) is 15.0. The first-order chi connectivity index (χ1) is 18.4. The second-order valence-corrected chi connectivity index (χ2v) is 13.0. The molecular formula is C28H35F3N4O3S. The Kier molecular flexibility index (Phi) is 8.68. The van der Waals surface area contributed by atoms with E-state index in [1.54, 1.807) is 25.1 Å². The third-order valence-corrected chi connectivity index (χ3v) is 9.10. The average Bonchev–Trinajstić information content (AvgIpc) is 3.22. The number of rotatable bonds is 9. The van der Waals surface area contributed by atoms with Crippen LogP contribution in [-0.4, -0.2) is 40.8 Å². The maximum Gasteiger partial charge on any atom is 0.391 e. The Labute approximate surface area is 227 Å². The smallest absolute Gasteiger partial charge is 0.346 e. The summed E-state index contributed by atoms with van der Waals surface area (Å²) in [5.41, 5.74) is 2.53. The number of nitrogens with zero attached hydrogens (tertiary/aromatic N) is 3. The summed E-state index contributed by atoms with van der Waals surface area (Å²) in [6.45, 7) is 6.63. The van der Waals surface area contributed by atoms with Gasteiger partial charge >= 0.3 is 6.18 Å². The monoisotopic (exact) mass is 564 g/mol. The summed E-state index contributed by atoms with van der Waals surface area (Å²) in [7, 11) is -3.34. The van der Waals surface area contributed by atoms with E-state index in [0.717, 1.165) is 17.9 Å². The van der Waals surface area contributed by atoms with Crippen LogP contribution in [0.3, 0.4) is 0 Å². The number of amides is 1. The maximum atomic E-state index is 13.1. The number of hydrogen-bond donors (Lipinski definition) is 1. The van der Waals surface area contributed by atoms with E-state index in [1.165, 1.54) is 12.3 Å². The highest BCUT2D eigenvalue weighted by Crippen LogP contribution is 2.40. The third kappa shape index (κ3) is 6.98. The van der Waals surface area contributed by atoms with Crippen molar-refractivity contribution in [1.29, 1.82) is 0 Å². The molecule has 1 aliphatic carbocycles. The van der Waals surface area contributed by atoms with E-state index < -0.39 is 21.9 Å². The van der Waals surface area contributed by atoms with Gasteiger partial charge in [-0.25, -0.2) is 13.4 Å². The lowest BCUT2D eigenvalue weighted by molar-refractivity contribution is -0.183. The Bertz CT molecular complexity index is 1410. The number of fused-ring (bicyclic) bond motifs is 1. The number of nitrogens with one attached hydrogen (secondary N) is 1. The van der Waals surface area contributed by atoms with Crippen LogP contribution in [0.4, 0.5) is 13.2 Å². The van der Waals surface area contributed by atoms with Crippen molar-refractivity contribution in [3.05, 3.63) is 53.6 Å². The quantitative estimate of drug-likeness (QED) is 0.359. The molecular weight excluding hydrogens is 529 g/mol. The molecule has 0 saturated heterocycles. The Hall–Kier alpha value is -2.95. The highest BCUT2D eigenvalue weighted by Gasteiger charge is 2.41. The summed E-state index contributed by atoms with van der Waals surface area (Å²) in [6.07, 6.45) is -0.830. The highest BCUT2D eigenvalue weighted by atomic mass is 32.2. The molecule has 2 aromatic heterocycles. The van der Waals surface area contributed by atoms with Gasteiger partial charge in [0.15, 0.2) is 9.84 Å². The summed E-state index contributed by atoms with van der Waals surface area (Å²) in [5, 5.41) is 2.81. The minimum atomic E-state index is -4.12. The van der Waals surface area contributed by atoms with E-state index in [2.05, 4.69) is 28.7 Å². The number of halogens is 3. The number of sulfone groups is 1. The molecule has 7 nitrogen and oxygen atoms in total. The van der Waals surface area contributed by atoms with Crippen molar-refractivity contribution < 1.29 is 26.4 Å². The van der Waals surface area contributed by atoms with E-state index in [9.17, 15) is 26.4 Å². The van der Waals surface area contributed by atoms with Gasteiger partial charge in [0.05, 0.1) is 39.8 Å². The number of benzene rings is 1. The lowest BCUT2D eigenvalue weighted by atomic mass is 9.80. The highest BCUT2D eigenvalue weighted by molar-refractivity contribution is 7.91. The van der Waals surface area contributed by atoms with Gasteiger partial charge in [0.2, 0.25) is 0 Å². The van der Waals surface area contributed by atoms with Crippen molar-refractivity contribution >= 4 is 26.8 Å². The molecule has 4 rings (SSSR count). The lowest BCUT2D eigenvalue weighted by Crippen LogP contribution is -2.28. The van der Waals surface area contributed by atoms with Crippen molar-refractivity contribution in [3.63, 3.8) is 0 Å². The van der Waals surface area contributed by atoms with Crippen LogP contribution in [-0.2, 0) is 29.3 Å². The molecule has 2 heterocycles. The molecule has 0 bridgehead atoms. The number of pyridine rings is 1. The molecule has 1 aliphatic rings. The molecule has 1 fully saturated rings. The number of alkyl halides is 3. The molecule has 0 atom stereocenters. The zero-order valence-corrected chi connectivity index (χ0v) is 23.3. The molecule has 212 valence electrons. The van der Waals surface area contributed by atoms with Gasteiger partial charge in [-0.2, -0.15) is 13.2 Å². The molecule has 11 heteroatoms. The van der Waals surface area contributed by atoms with Gasteiger partial charge in [-0.05, 0) is 67.9 Å². The van der Waals surface area contributed by atoms with Crippen LogP contribution in [0.2, 0.25) is 0 Å². The Morgan fingerprint density at radius 2 is 1.85 bits per heavy atom. The van der Waals surface area contributed by atoms with E-state index in [-0.39, 0.29) is 41.9 Å². The van der Waals surface area contributed by atoms with Crippen LogP contribution in [0.25, 0.3) is 11.0 Å². The fourth-order valence-corrected chi connectivity index (χ4v) is 5.96. The zero-order chi connectivity index (χ0) is 28.4. The second-order valence-electron chi connectivity index (χ2n) is 10.8. The summed E-state index contributed by atoms with van der Waals surface area (Å²) < 4.78 is 65.3. The predicted octanol–water partition coefficient (Wildman–Crippen LogP) is 5.72. The first-order valence-electron chi connectivity index (χ1n) is 13.4. The fraction of sp³-hybridized carbons (Fsp3) is 0.536. The molecule has 1 saturated carbocycles. The topological polar surface area (TPSA) is 94.0 Å². The Balaban J connectivity index is 1.47. The minimum absolute atomic E-state index is 0.0128. The molecule has 1 amide bonds. The van der Waals surface area contributed by atoms with Gasteiger partial charge in [-0.1, -0.05) is 20.8 Å². The van der Waals surface area contributed by atoms with E-state index in [1.807, 2.05) is 6.07 Å². The number of aromatic nitrogens is 3. The van der Waals surface area contributed by atoms with Crippen LogP contribution in [0.15, 0.2) is 41.4 Å². The van der Waals surface area contributed by atoms with Crippen molar-refractivity contribution in [1.82, 2.24) is 19.9 Å². The zero-order valence-electron chi connectivity index (χ0n) is 22.5. The SMILES string of the molecule is CCS(=O)(=O)c1ccc(CNC(=O)c2ccc3c(c2)nc(C[C@H]2CC[C@@H](C(F)(F)F)CC2)n3CC(C)C)nc1. The van der Waals surface area contributed by atoms with Gasteiger partial charge in [0, 0.05) is 24.7 Å². The van der Waals surface area contributed by atoms with Gasteiger partial charge in [0.1, 0.15) is 5.82 Å². The number of carbonyl (C=O) groups is 1. The fourth-order valence-electron chi connectivity index (χ4n) is 5.14. The Morgan fingerprint density at radius 1 is 1.13 bits per heavy atom. The molecule has 0 aliphatic heterocycles. The summed E-state index contributed by atoms with van der Waals surface area (Å²) in [5.74, 6) is -0.188. The largest absolute Gasteiger partial charge is 0.391 e. The molecule has 39 heavy (non-hydrogen) atoms. The second kappa shape index (κ2) is 11.7. The molecule has 1 N–H and O–H groups in total. The van der Waals surface area contributed by atoms with Crippen molar-refractivity contribution in [2.24, 2.45) is 17.8 Å². The van der Waals surface area contributed by atoms with Crippen molar-refractivity contribution in [2.45, 2.75) is 77.0 Å². The van der Waals surface area contributed by atoms with Crippen LogP contribution < -0.4 is 5.32 Å². The summed E-state index contributed by atoms with van der Waals surface area (Å²) in [6, 6.07) is 8.40. The summed E-state index contributed by atoms with van der Waals surface area (Å²) >= 11 is 0. The van der Waals surface area contributed by atoms with Crippen molar-refractivity contribution in [3.8, 4) is 0 Å². The molecule has 0 spiro atoms. The molecule has 3 aromatic rings. The van der Waals surface area contributed by atoms with Gasteiger partial charge in [-0.15, -0.1) is 0 Å². The lowest BCUT2D eigenvalue weighted by Gasteiger charge is -2.29. The van der Waals surface area contributed by atoms with Crippen LogP contribution in [0.1, 0.15) is 68.3 Å². The van der Waals surface area contributed by atoms with Crippen LogP contribution in [0.5, 0.6) is 0 Å². The van der Waals surface area contributed by atoms with E-state index >= 15 is 0 Å². The molecule has 0 radical (unpaired) electrons. The third-order valence-electron chi connectivity index (χ3n) is 7.38. The first kappa shape index (κ1) is 29.0. The number of carbonyl (C=O) groups excluding carboxylic acids is 1. The van der Waals surface area contributed by atoms with E-state index in [0.29, 0.717) is 42.0 Å². The van der Waals surface area contributed by atoms with Gasteiger partial charge < -0.3 is 9.88 Å². The average molecular weight is 565 g/mol. The van der Waals surface area contributed by atoms with E-state index in [4.69, 9.17) is 4.98 Å². The standard InChI is InChI=1S/C28H35F3N4O3S/c1-4-39(37,38)23-11-10-22(32-16-23)15-33-27(36)20-7-12-25-24(14-20)34-26(35(25)17-18(2)3)13-19-5-8-21(9-6-19)28(29,30)31/h7,10-12,14,16,18-19,21H,4-6,8-9,13,15,17H2,1-3H3,(H,33,36)/t19-,21+. The van der Waals surface area contributed by atoms with Gasteiger partial charge in [-0.3, -0.25) is 9.78 Å². The molecule has 0 unspecified atom stereocenters. The Morgan fingerprint density at radius 3 is 2.44 bits per heavy atom. The van der Waals surface area contributed by atoms with Crippen LogP contribution in [0, 0.1) is 17.8 Å². The van der Waals surface area contributed by atoms with Gasteiger partial charge in [0.25, 0.3) is 5.91 Å². The van der Waals surface area contributed by atoms with Crippen LogP contribution >= 0.6 is 0 Å². The summed E-state index contributed by atoms with van der Waals surface area (Å²) in [4.78, 5) is 22.0. The molecule has 1 aromatic carbocycles. The number of imidazole rings is 1. The minimum Gasteiger partial charge on any atom is -0.346 e.